The highest BCUT2D eigenvalue weighted by Crippen LogP contribution is 2.39. The number of nitrogens with zero attached hydrogens (tertiary/aromatic N) is 2. The van der Waals surface area contributed by atoms with Gasteiger partial charge >= 0.3 is 0 Å². The van der Waals surface area contributed by atoms with Crippen LogP contribution >= 0.6 is 23.4 Å². The van der Waals surface area contributed by atoms with Gasteiger partial charge in [-0.2, -0.15) is 0 Å². The van der Waals surface area contributed by atoms with Gasteiger partial charge in [-0.1, -0.05) is 68.4 Å². The van der Waals surface area contributed by atoms with Gasteiger partial charge in [-0.3, -0.25) is 4.72 Å². The van der Waals surface area contributed by atoms with Crippen molar-refractivity contribution in [3.8, 4) is 17.2 Å². The lowest BCUT2D eigenvalue weighted by molar-refractivity contribution is 0.378. The number of methoxy groups -OCH3 is 1. The van der Waals surface area contributed by atoms with Crippen molar-refractivity contribution < 1.29 is 17.9 Å². The number of nitrogens with one attached hydrogen (secondary N) is 1. The van der Waals surface area contributed by atoms with E-state index in [1.165, 1.54) is 18.9 Å². The van der Waals surface area contributed by atoms with E-state index in [9.17, 15) is 8.42 Å². The number of ether oxygens (including phenoxy) is 2. The Kier molecular flexibility index (Phi) is 7.22. The molecule has 1 N–H and O–H groups in total. The largest absolute Gasteiger partial charge is 0.493 e. The third-order valence-electron chi connectivity index (χ3n) is 4.53. The van der Waals surface area contributed by atoms with E-state index in [4.69, 9.17) is 21.1 Å². The molecule has 3 aromatic rings. The lowest BCUT2D eigenvalue weighted by atomic mass is 9.87. The van der Waals surface area contributed by atoms with Crippen molar-refractivity contribution in [1.82, 2.24) is 9.97 Å². The van der Waals surface area contributed by atoms with E-state index in [-0.39, 0.29) is 27.0 Å². The van der Waals surface area contributed by atoms with Crippen LogP contribution in [0.25, 0.3) is 0 Å². The van der Waals surface area contributed by atoms with Crippen LogP contribution in [-0.4, -0.2) is 31.8 Å². The molecule has 32 heavy (non-hydrogen) atoms. The minimum atomic E-state index is -3.97. The molecule has 1 aromatic heterocycles. The van der Waals surface area contributed by atoms with Crippen LogP contribution in [0.5, 0.6) is 17.2 Å². The third kappa shape index (κ3) is 5.46. The fraction of sp³-hybridized carbons (Fsp3) is 0.273. The molecular formula is C22H24ClN3O4S2. The van der Waals surface area contributed by atoms with E-state index in [0.717, 1.165) is 5.56 Å². The smallest absolute Gasteiger partial charge is 0.263 e. The minimum Gasteiger partial charge on any atom is -0.493 e. The third-order valence-corrected chi connectivity index (χ3v) is 6.69. The number of para-hydroxylation sites is 2. The normalized spacial score (nSPS) is 11.8. The first kappa shape index (κ1) is 24.2. The summed E-state index contributed by atoms with van der Waals surface area (Å²) in [6.07, 6.45) is 1.76. The summed E-state index contributed by atoms with van der Waals surface area (Å²) in [5.74, 6) is 0.695. The predicted octanol–water partition coefficient (Wildman–Crippen LogP) is 5.75. The van der Waals surface area contributed by atoms with Gasteiger partial charge in [0, 0.05) is 0 Å². The van der Waals surface area contributed by atoms with E-state index < -0.39 is 10.0 Å². The number of anilines is 1. The summed E-state index contributed by atoms with van der Waals surface area (Å²) in [5.41, 5.74) is 0.921. The highest BCUT2D eigenvalue weighted by atomic mass is 35.5. The molecule has 0 saturated heterocycles. The van der Waals surface area contributed by atoms with Crippen LogP contribution in [0, 0.1) is 0 Å². The monoisotopic (exact) mass is 493 g/mol. The summed E-state index contributed by atoms with van der Waals surface area (Å²) in [6.45, 7) is 6.18. The maximum absolute atomic E-state index is 13.1. The minimum absolute atomic E-state index is 0.0242. The Morgan fingerprint density at radius 1 is 1.00 bits per heavy atom. The standard InChI is InChI=1S/C22H24ClN3O4S2/c1-22(2,3)14-10-12-15(13-11-14)32(27,28)26-20-18(19(23)24-21(25-20)31-5)30-17-9-7-6-8-16(17)29-4/h6-13H,1-5H3,(H,24,25,26). The molecule has 0 aliphatic carbocycles. The van der Waals surface area contributed by atoms with Crippen molar-refractivity contribution in [2.45, 2.75) is 36.2 Å². The van der Waals surface area contributed by atoms with E-state index in [1.807, 2.05) is 0 Å². The second kappa shape index (κ2) is 9.56. The molecule has 10 heteroatoms. The van der Waals surface area contributed by atoms with Gasteiger partial charge in [-0.25, -0.2) is 18.4 Å². The first-order chi connectivity index (χ1) is 15.0. The molecule has 0 aliphatic rings. The van der Waals surface area contributed by atoms with Crippen molar-refractivity contribution in [2.24, 2.45) is 0 Å². The first-order valence-electron chi connectivity index (χ1n) is 9.61. The summed E-state index contributed by atoms with van der Waals surface area (Å²) < 4.78 is 39.9. The van der Waals surface area contributed by atoms with E-state index >= 15 is 0 Å². The molecule has 3 rings (SSSR count). The summed E-state index contributed by atoms with van der Waals surface area (Å²) in [5, 5.41) is 0.263. The van der Waals surface area contributed by atoms with Crippen molar-refractivity contribution in [3.63, 3.8) is 0 Å². The summed E-state index contributed by atoms with van der Waals surface area (Å²) in [4.78, 5) is 8.54. The Balaban J connectivity index is 2.01. The lowest BCUT2D eigenvalue weighted by Crippen LogP contribution is -2.16. The van der Waals surface area contributed by atoms with Crippen LogP contribution < -0.4 is 14.2 Å². The fourth-order valence-electron chi connectivity index (χ4n) is 2.79. The van der Waals surface area contributed by atoms with Crippen LogP contribution in [0.1, 0.15) is 26.3 Å². The zero-order valence-electron chi connectivity index (χ0n) is 18.3. The molecule has 170 valence electrons. The van der Waals surface area contributed by atoms with Gasteiger partial charge in [-0.15, -0.1) is 0 Å². The number of aromatic nitrogens is 2. The molecule has 0 aliphatic heterocycles. The molecule has 0 amide bonds. The van der Waals surface area contributed by atoms with Crippen molar-refractivity contribution in [3.05, 3.63) is 59.2 Å². The zero-order chi connectivity index (χ0) is 23.5. The molecule has 0 saturated carbocycles. The number of hydrogen-bond donors (Lipinski definition) is 1. The van der Waals surface area contributed by atoms with Gasteiger partial charge in [0.25, 0.3) is 10.0 Å². The Labute approximate surface area is 197 Å². The van der Waals surface area contributed by atoms with Crippen molar-refractivity contribution in [1.29, 1.82) is 0 Å². The highest BCUT2D eigenvalue weighted by Gasteiger charge is 2.23. The van der Waals surface area contributed by atoms with E-state index in [1.54, 1.807) is 54.8 Å². The van der Waals surface area contributed by atoms with Crippen LogP contribution in [-0.2, 0) is 15.4 Å². The average Bonchev–Trinajstić information content (AvgIpc) is 2.75. The van der Waals surface area contributed by atoms with Gasteiger partial charge in [-0.05, 0) is 41.5 Å². The second-order valence-electron chi connectivity index (χ2n) is 7.81. The van der Waals surface area contributed by atoms with Gasteiger partial charge in [0.2, 0.25) is 5.75 Å². The average molecular weight is 494 g/mol. The Morgan fingerprint density at radius 2 is 1.62 bits per heavy atom. The number of rotatable bonds is 7. The van der Waals surface area contributed by atoms with Crippen LogP contribution in [0.15, 0.2) is 58.6 Å². The molecule has 0 spiro atoms. The number of halogens is 1. The lowest BCUT2D eigenvalue weighted by Gasteiger charge is -2.19. The summed E-state index contributed by atoms with van der Waals surface area (Å²) in [7, 11) is -2.47. The summed E-state index contributed by atoms with van der Waals surface area (Å²) >= 11 is 7.56. The van der Waals surface area contributed by atoms with E-state index in [0.29, 0.717) is 16.7 Å². The molecular weight excluding hydrogens is 470 g/mol. The Hall–Kier alpha value is -2.49. The van der Waals surface area contributed by atoms with Crippen molar-refractivity contribution >= 4 is 39.2 Å². The fourth-order valence-corrected chi connectivity index (χ4v) is 4.42. The second-order valence-corrected chi connectivity index (χ2v) is 10.6. The molecule has 0 atom stereocenters. The molecule has 2 aromatic carbocycles. The SMILES string of the molecule is COc1ccccc1Oc1c(Cl)nc(SC)nc1NS(=O)(=O)c1ccc(C(C)(C)C)cc1. The van der Waals surface area contributed by atoms with Crippen LogP contribution in [0.2, 0.25) is 5.15 Å². The van der Waals surface area contributed by atoms with E-state index in [2.05, 4.69) is 35.5 Å². The molecule has 1 heterocycles. The predicted molar refractivity (Wildman–Crippen MR) is 128 cm³/mol. The molecule has 0 bridgehead atoms. The van der Waals surface area contributed by atoms with Crippen molar-refractivity contribution in [2.75, 3.05) is 18.1 Å². The number of sulfonamides is 1. The maximum atomic E-state index is 13.1. The van der Waals surface area contributed by atoms with Gasteiger partial charge in [0.1, 0.15) is 0 Å². The van der Waals surface area contributed by atoms with Crippen LogP contribution in [0.3, 0.4) is 0 Å². The number of hydrogen-bond acceptors (Lipinski definition) is 7. The van der Waals surface area contributed by atoms with Gasteiger partial charge < -0.3 is 9.47 Å². The first-order valence-corrected chi connectivity index (χ1v) is 12.7. The molecule has 7 nitrogen and oxygen atoms in total. The highest BCUT2D eigenvalue weighted by molar-refractivity contribution is 7.98. The Morgan fingerprint density at radius 3 is 2.19 bits per heavy atom. The quantitative estimate of drug-likeness (QED) is 0.254. The molecule has 0 unspecified atom stereocenters. The summed E-state index contributed by atoms with van der Waals surface area (Å²) in [6, 6.07) is 13.6. The number of thioether (sulfide) groups is 1. The van der Waals surface area contributed by atoms with Gasteiger partial charge in [0.05, 0.1) is 12.0 Å². The Bertz CT molecular complexity index is 1210. The topological polar surface area (TPSA) is 90.4 Å². The van der Waals surface area contributed by atoms with Gasteiger partial charge in [0.15, 0.2) is 27.6 Å². The molecule has 0 fully saturated rings. The molecule has 0 radical (unpaired) electrons. The van der Waals surface area contributed by atoms with Crippen LogP contribution in [0.4, 0.5) is 5.82 Å². The zero-order valence-corrected chi connectivity index (χ0v) is 20.7. The number of benzene rings is 2. The maximum Gasteiger partial charge on any atom is 0.263 e.